The van der Waals surface area contributed by atoms with Crippen molar-refractivity contribution in [3.63, 3.8) is 0 Å². The van der Waals surface area contributed by atoms with Gasteiger partial charge in [0, 0.05) is 12.1 Å². The van der Waals surface area contributed by atoms with Crippen LogP contribution in [0.25, 0.3) is 0 Å². The maximum Gasteiger partial charge on any atom is 0.205 e. The number of hydrogen-bond acceptors (Lipinski definition) is 4. The first-order valence-corrected chi connectivity index (χ1v) is 9.10. The summed E-state index contributed by atoms with van der Waals surface area (Å²) in [5.41, 5.74) is 0. The molecule has 0 N–H and O–H groups in total. The highest BCUT2D eigenvalue weighted by atomic mass is 16.5. The van der Waals surface area contributed by atoms with Crippen molar-refractivity contribution in [1.82, 2.24) is 0 Å². The van der Waals surface area contributed by atoms with Crippen molar-refractivity contribution in [3.05, 3.63) is 110 Å². The molecule has 0 fully saturated rings. The third kappa shape index (κ3) is 4.68. The summed E-state index contributed by atoms with van der Waals surface area (Å²) in [4.78, 5) is 0. The molecule has 0 bridgehead atoms. The van der Waals surface area contributed by atoms with Crippen LogP contribution in [0.5, 0.6) is 40.2 Å². The third-order valence-electron chi connectivity index (χ3n) is 4.06. The van der Waals surface area contributed by atoms with Crippen LogP contribution in [0.2, 0.25) is 0 Å². The van der Waals surface area contributed by atoms with E-state index >= 15 is 0 Å². The molecular formula is C25H19O4. The van der Waals surface area contributed by atoms with E-state index in [9.17, 15) is 0 Å². The summed E-state index contributed by atoms with van der Waals surface area (Å²) in [6.45, 7) is 0. The molecule has 29 heavy (non-hydrogen) atoms. The zero-order valence-electron chi connectivity index (χ0n) is 15.7. The molecule has 0 heterocycles. The Morgan fingerprint density at radius 2 is 0.828 bits per heavy atom. The van der Waals surface area contributed by atoms with Crippen LogP contribution in [0.4, 0.5) is 0 Å². The van der Waals surface area contributed by atoms with Gasteiger partial charge in [0.05, 0.1) is 0 Å². The topological polar surface area (TPSA) is 36.9 Å². The fourth-order valence-corrected chi connectivity index (χ4v) is 2.76. The van der Waals surface area contributed by atoms with Crippen LogP contribution in [-0.4, -0.2) is 0 Å². The van der Waals surface area contributed by atoms with Gasteiger partial charge in [0.2, 0.25) is 5.75 Å². The summed E-state index contributed by atoms with van der Waals surface area (Å²) in [6, 6.07) is 31.8. The maximum absolute atomic E-state index is 6.03. The average molecular weight is 383 g/mol. The lowest BCUT2D eigenvalue weighted by atomic mass is 10.2. The molecule has 0 aliphatic heterocycles. The standard InChI is InChI=1S/C25H19O4/c1-26-25-23(28-20-13-7-3-8-14-20)17-22(27-19-11-5-2-6-12-19)18-24(25)29-21-15-9-4-10-16-21/h2-18H,1H2. The highest BCUT2D eigenvalue weighted by molar-refractivity contribution is 5.58. The molecule has 0 atom stereocenters. The first kappa shape index (κ1) is 18.4. The highest BCUT2D eigenvalue weighted by Gasteiger charge is 2.17. The van der Waals surface area contributed by atoms with E-state index < -0.39 is 0 Å². The van der Waals surface area contributed by atoms with E-state index in [1.165, 1.54) is 0 Å². The van der Waals surface area contributed by atoms with Crippen LogP contribution >= 0.6 is 0 Å². The van der Waals surface area contributed by atoms with Crippen molar-refractivity contribution in [1.29, 1.82) is 0 Å². The fraction of sp³-hybridized carbons (Fsp3) is 0. The second-order valence-corrected chi connectivity index (χ2v) is 6.14. The van der Waals surface area contributed by atoms with Crippen LogP contribution in [0.3, 0.4) is 0 Å². The number of para-hydroxylation sites is 3. The molecule has 143 valence electrons. The quantitative estimate of drug-likeness (QED) is 0.337. The Labute approximate surface area is 169 Å². The number of ether oxygens (including phenoxy) is 4. The molecule has 0 saturated heterocycles. The molecule has 0 spiro atoms. The lowest BCUT2D eigenvalue weighted by molar-refractivity contribution is 0.375. The van der Waals surface area contributed by atoms with Crippen molar-refractivity contribution >= 4 is 0 Å². The summed E-state index contributed by atoms with van der Waals surface area (Å²) in [6.07, 6.45) is 0. The molecule has 4 aromatic rings. The van der Waals surface area contributed by atoms with Crippen molar-refractivity contribution in [2.24, 2.45) is 0 Å². The minimum absolute atomic E-state index is 0.373. The average Bonchev–Trinajstić information content (AvgIpc) is 2.76. The summed E-state index contributed by atoms with van der Waals surface area (Å²) in [5, 5.41) is 0. The fourth-order valence-electron chi connectivity index (χ4n) is 2.76. The van der Waals surface area contributed by atoms with E-state index in [2.05, 4.69) is 7.11 Å². The minimum atomic E-state index is 0.373. The largest absolute Gasteiger partial charge is 0.483 e. The maximum atomic E-state index is 6.03. The summed E-state index contributed by atoms with van der Waals surface area (Å²) < 4.78 is 23.4. The van der Waals surface area contributed by atoms with E-state index in [-0.39, 0.29) is 0 Å². The van der Waals surface area contributed by atoms with Crippen LogP contribution in [0.15, 0.2) is 103 Å². The van der Waals surface area contributed by atoms with E-state index in [1.54, 1.807) is 12.1 Å². The predicted octanol–water partition coefficient (Wildman–Crippen LogP) is 7.23. The molecule has 4 nitrogen and oxygen atoms in total. The molecule has 1 radical (unpaired) electrons. The van der Waals surface area contributed by atoms with Gasteiger partial charge in [0.25, 0.3) is 0 Å². The van der Waals surface area contributed by atoms with Crippen LogP contribution in [0.1, 0.15) is 0 Å². The molecule has 4 heteroatoms. The Hall–Kier alpha value is -3.92. The van der Waals surface area contributed by atoms with Gasteiger partial charge in [-0.3, -0.25) is 0 Å². The van der Waals surface area contributed by atoms with E-state index in [0.717, 1.165) is 0 Å². The summed E-state index contributed by atoms with van der Waals surface area (Å²) in [7, 11) is 3.57. The number of rotatable bonds is 7. The lowest BCUT2D eigenvalue weighted by Gasteiger charge is -2.17. The van der Waals surface area contributed by atoms with Gasteiger partial charge in [0.1, 0.15) is 30.1 Å². The third-order valence-corrected chi connectivity index (χ3v) is 4.06. The highest BCUT2D eigenvalue weighted by Crippen LogP contribution is 2.45. The molecular weight excluding hydrogens is 364 g/mol. The Morgan fingerprint density at radius 3 is 1.21 bits per heavy atom. The first-order chi connectivity index (χ1) is 14.3. The Balaban J connectivity index is 1.74. The van der Waals surface area contributed by atoms with Gasteiger partial charge in [0.15, 0.2) is 11.5 Å². The van der Waals surface area contributed by atoms with E-state index in [4.69, 9.17) is 18.9 Å². The smallest absolute Gasteiger partial charge is 0.205 e. The Kier molecular flexibility index (Phi) is 5.63. The molecule has 0 aliphatic rings. The second kappa shape index (κ2) is 8.85. The van der Waals surface area contributed by atoms with Crippen LogP contribution in [0, 0.1) is 7.11 Å². The first-order valence-electron chi connectivity index (χ1n) is 9.10. The number of hydrogen-bond donors (Lipinski definition) is 0. The van der Waals surface area contributed by atoms with Gasteiger partial charge in [-0.05, 0) is 36.4 Å². The van der Waals surface area contributed by atoms with Crippen LogP contribution in [-0.2, 0) is 0 Å². The molecule has 0 aromatic heterocycles. The van der Waals surface area contributed by atoms with Crippen molar-refractivity contribution in [2.75, 3.05) is 0 Å². The molecule has 0 aliphatic carbocycles. The number of benzene rings is 4. The van der Waals surface area contributed by atoms with Crippen molar-refractivity contribution < 1.29 is 18.9 Å². The second-order valence-electron chi connectivity index (χ2n) is 6.14. The van der Waals surface area contributed by atoms with Crippen molar-refractivity contribution in [2.45, 2.75) is 0 Å². The molecule has 0 amide bonds. The van der Waals surface area contributed by atoms with Gasteiger partial charge in [-0.2, -0.15) is 0 Å². The molecule has 0 unspecified atom stereocenters. The lowest BCUT2D eigenvalue weighted by Crippen LogP contribution is -1.95. The zero-order valence-corrected chi connectivity index (χ0v) is 15.7. The Morgan fingerprint density at radius 1 is 0.448 bits per heavy atom. The summed E-state index contributed by atoms with van der Waals surface area (Å²) >= 11 is 0. The van der Waals surface area contributed by atoms with E-state index in [0.29, 0.717) is 40.2 Å². The van der Waals surface area contributed by atoms with Crippen LogP contribution < -0.4 is 18.9 Å². The minimum Gasteiger partial charge on any atom is -0.483 e. The zero-order chi connectivity index (χ0) is 19.9. The molecule has 4 rings (SSSR count). The Bertz CT molecular complexity index is 985. The van der Waals surface area contributed by atoms with Gasteiger partial charge < -0.3 is 18.9 Å². The SMILES string of the molecule is [CH2]Oc1c(Oc2ccccc2)cc(Oc2ccccc2)cc1Oc1ccccc1. The normalized spacial score (nSPS) is 10.2. The van der Waals surface area contributed by atoms with Gasteiger partial charge >= 0.3 is 0 Å². The van der Waals surface area contributed by atoms with Crippen molar-refractivity contribution in [3.8, 4) is 40.2 Å². The van der Waals surface area contributed by atoms with Gasteiger partial charge in [-0.25, -0.2) is 0 Å². The monoisotopic (exact) mass is 383 g/mol. The molecule has 0 saturated carbocycles. The summed E-state index contributed by atoms with van der Waals surface area (Å²) in [5.74, 6) is 3.82. The van der Waals surface area contributed by atoms with E-state index in [1.807, 2.05) is 91.0 Å². The van der Waals surface area contributed by atoms with Gasteiger partial charge in [-0.15, -0.1) is 0 Å². The predicted molar refractivity (Wildman–Crippen MR) is 112 cm³/mol. The molecule has 4 aromatic carbocycles. The van der Waals surface area contributed by atoms with Gasteiger partial charge in [-0.1, -0.05) is 54.6 Å².